The second-order valence-corrected chi connectivity index (χ2v) is 13.2. The molecule has 2 saturated carbocycles. The van der Waals surface area contributed by atoms with E-state index in [1.807, 2.05) is 0 Å². The van der Waals surface area contributed by atoms with Crippen LogP contribution in [0.2, 0.25) is 0 Å². The van der Waals surface area contributed by atoms with E-state index in [-0.39, 0.29) is 59.1 Å². The third-order valence-corrected chi connectivity index (χ3v) is 9.89. The molecule has 1 saturated heterocycles. The number of allylic oxidation sites excluding steroid dienone is 1. The summed E-state index contributed by atoms with van der Waals surface area (Å²) >= 11 is 0. The summed E-state index contributed by atoms with van der Waals surface area (Å²) < 4.78 is 122. The molecule has 3 fully saturated rings. The number of fused-ring (bicyclic) bond motifs is 2. The molecule has 6 rings (SSSR count). The van der Waals surface area contributed by atoms with E-state index < -0.39 is 76.8 Å². The number of aromatic carboxylic acids is 1. The largest absolute Gasteiger partial charge is 0.491 e. The predicted molar refractivity (Wildman–Crippen MR) is 177 cm³/mol. The molecular formula is C37H33F8N3O6. The Bertz CT molecular complexity index is 1960. The number of carbonyl (C=O) groups excluding carboxylic acids is 2. The zero-order chi connectivity index (χ0) is 38.9. The SMILES string of the molecule is O=C(O)c1ccc(F)c(-c2ccc(OCCN3CCOCC3)c(C(=O)N[C@H]3[C@@H](C(=O)Nc4ccc(F)c(C(F)(F)F)c4)[C@H]4CC[C@@H]3/C4=C\C(F)(F)F)c2)c1. The highest BCUT2D eigenvalue weighted by Gasteiger charge is 2.56. The van der Waals surface area contributed by atoms with Crippen molar-refractivity contribution in [1.29, 1.82) is 0 Å². The summed E-state index contributed by atoms with van der Waals surface area (Å²) in [6.07, 6.45) is -9.57. The highest BCUT2D eigenvalue weighted by atomic mass is 19.4. The number of carboxylic acids is 1. The zero-order valence-corrected chi connectivity index (χ0v) is 28.2. The van der Waals surface area contributed by atoms with Crippen molar-refractivity contribution >= 4 is 23.5 Å². The van der Waals surface area contributed by atoms with Gasteiger partial charge in [0.1, 0.15) is 24.0 Å². The van der Waals surface area contributed by atoms with Crippen molar-refractivity contribution in [1.82, 2.24) is 10.2 Å². The number of alkyl halides is 6. The van der Waals surface area contributed by atoms with E-state index >= 15 is 4.39 Å². The van der Waals surface area contributed by atoms with Crippen molar-refractivity contribution < 1.29 is 64.1 Å². The smallest absolute Gasteiger partial charge is 0.419 e. The standard InChI is InChI=1S/C37H33F8N3O6/c38-28-6-1-20(35(51)52)16-24(28)19-2-8-30(54-14-11-48-9-12-53-13-10-48)25(15-19)33(49)47-32-23-5-4-22(26(23)18-36(40,41)42)31(32)34(50)46-21-3-7-29(39)27(17-21)37(43,44)45/h1-3,6-8,15-18,22-23,31-32H,4-5,9-14H2,(H,46,50)(H,47,49)(H,51,52)/b26-18-/t22-,23+,31-,32+/m0/s1. The Balaban J connectivity index is 1.34. The molecule has 3 N–H and O–H groups in total. The molecule has 2 aliphatic carbocycles. The van der Waals surface area contributed by atoms with E-state index in [0.29, 0.717) is 45.0 Å². The summed E-state index contributed by atoms with van der Waals surface area (Å²) in [5, 5.41) is 14.4. The van der Waals surface area contributed by atoms with Crippen molar-refractivity contribution in [3.05, 3.63) is 94.6 Å². The number of rotatable bonds is 10. The van der Waals surface area contributed by atoms with Crippen LogP contribution in [0.25, 0.3) is 11.1 Å². The molecule has 3 aliphatic rings. The quantitative estimate of drug-likeness (QED) is 0.151. The number of nitrogens with one attached hydrogen (secondary N) is 2. The van der Waals surface area contributed by atoms with Crippen LogP contribution in [0.5, 0.6) is 5.75 Å². The number of ether oxygens (including phenoxy) is 2. The summed E-state index contributed by atoms with van der Waals surface area (Å²) in [5.74, 6) is -9.09. The fourth-order valence-corrected chi connectivity index (χ4v) is 7.45. The number of amides is 2. The molecule has 0 unspecified atom stereocenters. The number of benzene rings is 3. The molecule has 1 heterocycles. The molecule has 3 aromatic carbocycles. The Morgan fingerprint density at radius 1 is 0.907 bits per heavy atom. The average molecular weight is 768 g/mol. The van der Waals surface area contributed by atoms with Crippen LogP contribution in [-0.2, 0) is 15.7 Å². The summed E-state index contributed by atoms with van der Waals surface area (Å²) in [6.45, 7) is 2.80. The molecule has 0 aromatic heterocycles. The summed E-state index contributed by atoms with van der Waals surface area (Å²) in [6, 6.07) is 7.51. The molecular weight excluding hydrogens is 734 g/mol. The van der Waals surface area contributed by atoms with Gasteiger partial charge in [-0.15, -0.1) is 0 Å². The first kappa shape index (κ1) is 38.7. The fraction of sp³-hybridized carbons (Fsp3) is 0.378. The van der Waals surface area contributed by atoms with Crippen LogP contribution < -0.4 is 15.4 Å². The summed E-state index contributed by atoms with van der Waals surface area (Å²) in [7, 11) is 0. The molecule has 2 amide bonds. The Kier molecular flexibility index (Phi) is 11.0. The van der Waals surface area contributed by atoms with Crippen LogP contribution in [0, 0.1) is 29.4 Å². The van der Waals surface area contributed by atoms with Crippen molar-refractivity contribution in [2.75, 3.05) is 44.8 Å². The maximum Gasteiger partial charge on any atom is 0.419 e. The lowest BCUT2D eigenvalue weighted by molar-refractivity contribution is -0.140. The van der Waals surface area contributed by atoms with Crippen molar-refractivity contribution in [3.8, 4) is 16.9 Å². The van der Waals surface area contributed by atoms with E-state index in [1.165, 1.54) is 18.2 Å². The first-order valence-corrected chi connectivity index (χ1v) is 16.9. The molecule has 288 valence electrons. The van der Waals surface area contributed by atoms with Gasteiger partial charge < -0.3 is 25.2 Å². The highest BCUT2D eigenvalue weighted by Crippen LogP contribution is 2.54. The van der Waals surface area contributed by atoms with Gasteiger partial charge in [0.25, 0.3) is 5.91 Å². The van der Waals surface area contributed by atoms with Crippen LogP contribution in [0.3, 0.4) is 0 Å². The third kappa shape index (κ3) is 8.51. The molecule has 3 aromatic rings. The molecule has 0 radical (unpaired) electrons. The van der Waals surface area contributed by atoms with Crippen molar-refractivity contribution in [2.45, 2.75) is 31.2 Å². The van der Waals surface area contributed by atoms with Gasteiger partial charge in [0, 0.05) is 48.9 Å². The lowest BCUT2D eigenvalue weighted by atomic mass is 9.83. The predicted octanol–water partition coefficient (Wildman–Crippen LogP) is 6.94. The summed E-state index contributed by atoms with van der Waals surface area (Å²) in [5.41, 5.74) is -2.84. The minimum absolute atomic E-state index is 0.000476. The Morgan fingerprint density at radius 2 is 1.61 bits per heavy atom. The topological polar surface area (TPSA) is 117 Å². The number of carboxylic acid groups (broad SMARTS) is 1. The third-order valence-electron chi connectivity index (χ3n) is 9.89. The van der Waals surface area contributed by atoms with Crippen molar-refractivity contribution in [2.24, 2.45) is 17.8 Å². The lowest BCUT2D eigenvalue weighted by Gasteiger charge is -2.30. The minimum Gasteiger partial charge on any atom is -0.491 e. The first-order chi connectivity index (χ1) is 25.5. The minimum atomic E-state index is -5.11. The molecule has 4 atom stereocenters. The number of halogens is 8. The number of morpholine rings is 1. The van der Waals surface area contributed by atoms with Gasteiger partial charge in [0.05, 0.1) is 35.8 Å². The van der Waals surface area contributed by atoms with E-state index in [0.717, 1.165) is 24.3 Å². The number of hydrogen-bond donors (Lipinski definition) is 3. The van der Waals surface area contributed by atoms with E-state index in [2.05, 4.69) is 15.5 Å². The Morgan fingerprint density at radius 3 is 2.30 bits per heavy atom. The van der Waals surface area contributed by atoms with Gasteiger partial charge >= 0.3 is 18.3 Å². The molecule has 1 aliphatic heterocycles. The van der Waals surface area contributed by atoms with Gasteiger partial charge in [-0.05, 0) is 72.9 Å². The molecule has 9 nitrogen and oxygen atoms in total. The zero-order valence-electron chi connectivity index (χ0n) is 28.2. The molecule has 17 heteroatoms. The van der Waals surface area contributed by atoms with Crippen LogP contribution in [0.15, 0.2) is 66.2 Å². The van der Waals surface area contributed by atoms with Gasteiger partial charge in [-0.3, -0.25) is 14.5 Å². The monoisotopic (exact) mass is 767 g/mol. The van der Waals surface area contributed by atoms with E-state index in [9.17, 15) is 50.2 Å². The lowest BCUT2D eigenvalue weighted by Crippen LogP contribution is -2.48. The fourth-order valence-electron chi connectivity index (χ4n) is 7.45. The molecule has 2 bridgehead atoms. The number of nitrogens with zero attached hydrogens (tertiary/aromatic N) is 1. The number of carbonyl (C=O) groups is 3. The van der Waals surface area contributed by atoms with E-state index in [4.69, 9.17) is 9.47 Å². The second-order valence-electron chi connectivity index (χ2n) is 13.2. The van der Waals surface area contributed by atoms with Crippen molar-refractivity contribution in [3.63, 3.8) is 0 Å². The Labute approximate surface area is 302 Å². The second kappa shape index (κ2) is 15.4. The maximum atomic E-state index is 15.0. The van der Waals surface area contributed by atoms with E-state index in [1.54, 1.807) is 0 Å². The molecule has 54 heavy (non-hydrogen) atoms. The van der Waals surface area contributed by atoms with Gasteiger partial charge in [-0.25, -0.2) is 13.6 Å². The van der Waals surface area contributed by atoms with Gasteiger partial charge in [-0.2, -0.15) is 26.3 Å². The van der Waals surface area contributed by atoms with Gasteiger partial charge in [0.2, 0.25) is 5.91 Å². The first-order valence-electron chi connectivity index (χ1n) is 16.9. The van der Waals surface area contributed by atoms with Gasteiger partial charge in [0.15, 0.2) is 0 Å². The summed E-state index contributed by atoms with van der Waals surface area (Å²) in [4.78, 5) is 41.6. The normalized spacial score (nSPS) is 22.3. The highest BCUT2D eigenvalue weighted by molar-refractivity contribution is 6.00. The maximum absolute atomic E-state index is 15.0. The van der Waals surface area contributed by atoms with Crippen LogP contribution in [0.1, 0.15) is 39.1 Å². The Hall–Kier alpha value is -5.03. The number of anilines is 1. The van der Waals surface area contributed by atoms with Gasteiger partial charge in [-0.1, -0.05) is 11.6 Å². The average Bonchev–Trinajstić information content (AvgIpc) is 3.62. The van der Waals surface area contributed by atoms with Crippen LogP contribution >= 0.6 is 0 Å². The van der Waals surface area contributed by atoms with Crippen LogP contribution in [0.4, 0.5) is 40.8 Å². The number of hydrogen-bond acceptors (Lipinski definition) is 6. The molecule has 0 spiro atoms. The van der Waals surface area contributed by atoms with Crippen LogP contribution in [-0.4, -0.2) is 79.5 Å².